The summed E-state index contributed by atoms with van der Waals surface area (Å²) in [5.41, 5.74) is 2.11. The van der Waals surface area contributed by atoms with Crippen LogP contribution in [0.25, 0.3) is 0 Å². The Morgan fingerprint density at radius 2 is 1.88 bits per heavy atom. The first-order chi connectivity index (χ1) is 12.5. The predicted octanol–water partition coefficient (Wildman–Crippen LogP) is 3.98. The van der Waals surface area contributed by atoms with Crippen molar-refractivity contribution in [1.82, 2.24) is 4.90 Å². The molecule has 0 spiro atoms. The number of hydrogen-bond donors (Lipinski definition) is 1. The Kier molecular flexibility index (Phi) is 7.48. The first-order valence-electron chi connectivity index (χ1n) is 8.48. The number of nitrogens with zero attached hydrogens (tertiary/aromatic N) is 1. The summed E-state index contributed by atoms with van der Waals surface area (Å²) in [5.74, 6) is -0.370. The summed E-state index contributed by atoms with van der Waals surface area (Å²) < 4.78 is 4.71. The highest BCUT2D eigenvalue weighted by Gasteiger charge is 2.13. The molecule has 26 heavy (non-hydrogen) atoms. The van der Waals surface area contributed by atoms with E-state index in [2.05, 4.69) is 5.32 Å². The second-order valence-corrected chi connectivity index (χ2v) is 6.16. The topological polar surface area (TPSA) is 58.6 Å². The predicted molar refractivity (Wildman–Crippen MR) is 103 cm³/mol. The lowest BCUT2D eigenvalue weighted by Crippen LogP contribution is -2.31. The van der Waals surface area contributed by atoms with Crippen molar-refractivity contribution in [3.63, 3.8) is 0 Å². The molecule has 0 aliphatic heterocycles. The van der Waals surface area contributed by atoms with Gasteiger partial charge in [0.2, 0.25) is 5.91 Å². The Balaban J connectivity index is 1.91. The van der Waals surface area contributed by atoms with Crippen LogP contribution in [0.2, 0.25) is 5.02 Å². The molecule has 1 amide bonds. The summed E-state index contributed by atoms with van der Waals surface area (Å²) in [7, 11) is 1.33. The maximum absolute atomic E-state index is 12.5. The van der Waals surface area contributed by atoms with Crippen LogP contribution < -0.4 is 5.32 Å². The number of benzene rings is 2. The Bertz CT molecular complexity index is 750. The van der Waals surface area contributed by atoms with Gasteiger partial charge in [-0.2, -0.15) is 0 Å². The fraction of sp³-hybridized carbons (Fsp3) is 0.300. The summed E-state index contributed by atoms with van der Waals surface area (Å²) in [6, 6.07) is 14.8. The van der Waals surface area contributed by atoms with E-state index in [1.807, 2.05) is 42.2 Å². The first kappa shape index (κ1) is 19.8. The molecule has 0 heterocycles. The van der Waals surface area contributed by atoms with E-state index in [1.54, 1.807) is 18.2 Å². The smallest absolute Gasteiger partial charge is 0.337 e. The number of nitrogens with one attached hydrogen (secondary N) is 1. The maximum atomic E-state index is 12.5. The minimum absolute atomic E-state index is 0.0594. The minimum atomic E-state index is -0.430. The molecule has 0 radical (unpaired) electrons. The molecule has 5 nitrogen and oxygen atoms in total. The molecule has 0 bridgehead atoms. The standard InChI is InChI=1S/C20H23ClN2O3/c1-3-23(14-15-7-5-4-6-8-15)19(24)11-12-22-18-13-16(20(25)26-2)9-10-17(18)21/h4-10,13,22H,3,11-12,14H2,1-2H3. The molecule has 6 heteroatoms. The molecule has 2 rings (SSSR count). The van der Waals surface area contributed by atoms with Gasteiger partial charge in [0, 0.05) is 26.1 Å². The lowest BCUT2D eigenvalue weighted by molar-refractivity contribution is -0.131. The van der Waals surface area contributed by atoms with E-state index in [0.717, 1.165) is 5.56 Å². The van der Waals surface area contributed by atoms with Crippen molar-refractivity contribution in [3.8, 4) is 0 Å². The molecule has 0 unspecified atom stereocenters. The Morgan fingerprint density at radius 3 is 2.54 bits per heavy atom. The fourth-order valence-corrected chi connectivity index (χ4v) is 2.73. The highest BCUT2D eigenvalue weighted by molar-refractivity contribution is 6.33. The van der Waals surface area contributed by atoms with Crippen molar-refractivity contribution in [2.45, 2.75) is 19.9 Å². The molecule has 2 aromatic carbocycles. The number of rotatable bonds is 8. The number of esters is 1. The van der Waals surface area contributed by atoms with E-state index in [1.165, 1.54) is 7.11 Å². The Hall–Kier alpha value is -2.53. The average Bonchev–Trinajstić information content (AvgIpc) is 2.67. The SMILES string of the molecule is CCN(Cc1ccccc1)C(=O)CCNc1cc(C(=O)OC)ccc1Cl. The zero-order valence-corrected chi connectivity index (χ0v) is 15.8. The van der Waals surface area contributed by atoms with Crippen LogP contribution in [0, 0.1) is 0 Å². The van der Waals surface area contributed by atoms with Crippen LogP contribution in [0.5, 0.6) is 0 Å². The van der Waals surface area contributed by atoms with Gasteiger partial charge in [-0.05, 0) is 30.7 Å². The molecular weight excluding hydrogens is 352 g/mol. The van der Waals surface area contributed by atoms with Crippen molar-refractivity contribution in [2.75, 3.05) is 25.5 Å². The molecule has 0 aliphatic rings. The van der Waals surface area contributed by atoms with Crippen molar-refractivity contribution in [1.29, 1.82) is 0 Å². The molecule has 0 aliphatic carbocycles. The highest BCUT2D eigenvalue weighted by atomic mass is 35.5. The quantitative estimate of drug-likeness (QED) is 0.710. The van der Waals surface area contributed by atoms with E-state index in [9.17, 15) is 9.59 Å². The van der Waals surface area contributed by atoms with Crippen molar-refractivity contribution >= 4 is 29.2 Å². The second kappa shape index (κ2) is 9.82. The third-order valence-electron chi connectivity index (χ3n) is 3.99. The molecule has 0 atom stereocenters. The molecule has 138 valence electrons. The number of carbonyl (C=O) groups is 2. The largest absolute Gasteiger partial charge is 0.465 e. The maximum Gasteiger partial charge on any atom is 0.337 e. The van der Waals surface area contributed by atoms with Crippen LogP contribution in [-0.2, 0) is 16.1 Å². The molecule has 0 saturated heterocycles. The monoisotopic (exact) mass is 374 g/mol. The number of amides is 1. The van der Waals surface area contributed by atoms with Gasteiger partial charge >= 0.3 is 5.97 Å². The molecular formula is C20H23ClN2O3. The normalized spacial score (nSPS) is 10.3. The summed E-state index contributed by atoms with van der Waals surface area (Å²) in [6.07, 6.45) is 0.333. The van der Waals surface area contributed by atoms with Gasteiger partial charge in [-0.1, -0.05) is 41.9 Å². The van der Waals surface area contributed by atoms with E-state index in [-0.39, 0.29) is 5.91 Å². The van der Waals surface area contributed by atoms with E-state index < -0.39 is 5.97 Å². The molecule has 1 N–H and O–H groups in total. The van der Waals surface area contributed by atoms with Gasteiger partial charge < -0.3 is 15.0 Å². The molecule has 0 aromatic heterocycles. The fourth-order valence-electron chi connectivity index (χ4n) is 2.55. The van der Waals surface area contributed by atoms with Gasteiger partial charge in [0.1, 0.15) is 0 Å². The third-order valence-corrected chi connectivity index (χ3v) is 4.32. The molecule has 2 aromatic rings. The summed E-state index contributed by atoms with van der Waals surface area (Å²) >= 11 is 6.15. The van der Waals surface area contributed by atoms with Crippen LogP contribution in [0.15, 0.2) is 48.5 Å². The second-order valence-electron chi connectivity index (χ2n) is 5.76. The molecule has 0 saturated carbocycles. The van der Waals surface area contributed by atoms with Crippen LogP contribution in [-0.4, -0.2) is 37.0 Å². The van der Waals surface area contributed by atoms with Gasteiger partial charge in [0.15, 0.2) is 0 Å². The molecule has 0 fully saturated rings. The Morgan fingerprint density at radius 1 is 1.15 bits per heavy atom. The van der Waals surface area contributed by atoms with Crippen LogP contribution >= 0.6 is 11.6 Å². The van der Waals surface area contributed by atoms with Crippen molar-refractivity contribution in [2.24, 2.45) is 0 Å². The van der Waals surface area contributed by atoms with Crippen molar-refractivity contribution in [3.05, 3.63) is 64.7 Å². The summed E-state index contributed by atoms with van der Waals surface area (Å²) in [6.45, 7) is 3.63. The van der Waals surface area contributed by atoms with Gasteiger partial charge in [-0.15, -0.1) is 0 Å². The number of halogens is 1. The Labute approximate surface area is 158 Å². The van der Waals surface area contributed by atoms with Gasteiger partial charge in [0.25, 0.3) is 0 Å². The minimum Gasteiger partial charge on any atom is -0.465 e. The van der Waals surface area contributed by atoms with Crippen LogP contribution in [0.1, 0.15) is 29.3 Å². The third kappa shape index (κ3) is 5.49. The van der Waals surface area contributed by atoms with Gasteiger partial charge in [-0.25, -0.2) is 4.79 Å². The number of carbonyl (C=O) groups excluding carboxylic acids is 2. The summed E-state index contributed by atoms with van der Waals surface area (Å²) in [5, 5.41) is 3.61. The average molecular weight is 375 g/mol. The lowest BCUT2D eigenvalue weighted by Gasteiger charge is -2.21. The zero-order chi connectivity index (χ0) is 18.9. The highest BCUT2D eigenvalue weighted by Crippen LogP contribution is 2.23. The number of ether oxygens (including phenoxy) is 1. The number of hydrogen-bond acceptors (Lipinski definition) is 4. The van der Waals surface area contributed by atoms with E-state index >= 15 is 0 Å². The summed E-state index contributed by atoms with van der Waals surface area (Å²) in [4.78, 5) is 25.9. The number of anilines is 1. The van der Waals surface area contributed by atoms with Crippen LogP contribution in [0.3, 0.4) is 0 Å². The number of methoxy groups -OCH3 is 1. The van der Waals surface area contributed by atoms with Gasteiger partial charge in [-0.3, -0.25) is 4.79 Å². The zero-order valence-electron chi connectivity index (χ0n) is 15.0. The lowest BCUT2D eigenvalue weighted by atomic mass is 10.2. The first-order valence-corrected chi connectivity index (χ1v) is 8.86. The van der Waals surface area contributed by atoms with Crippen LogP contribution in [0.4, 0.5) is 5.69 Å². The van der Waals surface area contributed by atoms with E-state index in [0.29, 0.717) is 42.3 Å². The van der Waals surface area contributed by atoms with Crippen molar-refractivity contribution < 1.29 is 14.3 Å². The van der Waals surface area contributed by atoms with E-state index in [4.69, 9.17) is 16.3 Å². The van der Waals surface area contributed by atoms with Gasteiger partial charge in [0.05, 0.1) is 23.4 Å².